The smallest absolute Gasteiger partial charge is 0.224 e. The molecule has 3 N–H and O–H groups in total. The van der Waals surface area contributed by atoms with Crippen molar-refractivity contribution in [2.45, 2.75) is 32.2 Å². The summed E-state index contributed by atoms with van der Waals surface area (Å²) in [6.45, 7) is 3.58. The SMILES string of the molecule is CC1CCC(C(=O)NCCc2ccc(O)cc2)CN1. The third-order valence-corrected chi connectivity index (χ3v) is 3.68. The van der Waals surface area contributed by atoms with Gasteiger partial charge in [-0.3, -0.25) is 4.79 Å². The average molecular weight is 262 g/mol. The van der Waals surface area contributed by atoms with E-state index in [1.54, 1.807) is 12.1 Å². The van der Waals surface area contributed by atoms with E-state index in [9.17, 15) is 9.90 Å². The number of carbonyl (C=O) groups excluding carboxylic acids is 1. The number of hydrogen-bond acceptors (Lipinski definition) is 3. The van der Waals surface area contributed by atoms with Crippen molar-refractivity contribution in [3.63, 3.8) is 0 Å². The second-order valence-corrected chi connectivity index (χ2v) is 5.29. The van der Waals surface area contributed by atoms with Crippen molar-refractivity contribution in [3.8, 4) is 5.75 Å². The maximum atomic E-state index is 12.0. The third kappa shape index (κ3) is 4.24. The van der Waals surface area contributed by atoms with Gasteiger partial charge >= 0.3 is 0 Å². The Balaban J connectivity index is 1.70. The van der Waals surface area contributed by atoms with Gasteiger partial charge in [-0.1, -0.05) is 12.1 Å². The summed E-state index contributed by atoms with van der Waals surface area (Å²) in [4.78, 5) is 12.0. The number of carbonyl (C=O) groups is 1. The van der Waals surface area contributed by atoms with E-state index in [0.717, 1.165) is 31.4 Å². The van der Waals surface area contributed by atoms with Gasteiger partial charge in [-0.05, 0) is 43.9 Å². The molecular formula is C15H22N2O2. The largest absolute Gasteiger partial charge is 0.508 e. The molecule has 2 unspecified atom stereocenters. The van der Waals surface area contributed by atoms with Crippen LogP contribution in [0.15, 0.2) is 24.3 Å². The molecule has 1 saturated heterocycles. The van der Waals surface area contributed by atoms with Gasteiger partial charge in [-0.2, -0.15) is 0 Å². The molecule has 0 saturated carbocycles. The number of hydrogen-bond donors (Lipinski definition) is 3. The van der Waals surface area contributed by atoms with E-state index in [4.69, 9.17) is 0 Å². The van der Waals surface area contributed by atoms with E-state index in [2.05, 4.69) is 17.6 Å². The molecule has 1 amide bonds. The molecule has 1 aliphatic heterocycles. The molecule has 1 aromatic carbocycles. The number of phenolic OH excluding ortho intramolecular Hbond substituents is 1. The van der Waals surface area contributed by atoms with Gasteiger partial charge in [0.15, 0.2) is 0 Å². The topological polar surface area (TPSA) is 61.4 Å². The lowest BCUT2D eigenvalue weighted by Crippen LogP contribution is -2.44. The molecule has 19 heavy (non-hydrogen) atoms. The second-order valence-electron chi connectivity index (χ2n) is 5.29. The predicted octanol–water partition coefficient (Wildman–Crippen LogP) is 1.44. The number of phenols is 1. The van der Waals surface area contributed by atoms with Gasteiger partial charge in [0, 0.05) is 19.1 Å². The normalized spacial score (nSPS) is 23.0. The summed E-state index contributed by atoms with van der Waals surface area (Å²) in [5.74, 6) is 0.532. The third-order valence-electron chi connectivity index (χ3n) is 3.68. The van der Waals surface area contributed by atoms with Gasteiger partial charge < -0.3 is 15.7 Å². The van der Waals surface area contributed by atoms with Crippen molar-refractivity contribution in [3.05, 3.63) is 29.8 Å². The average Bonchev–Trinajstić information content (AvgIpc) is 2.41. The number of nitrogens with one attached hydrogen (secondary N) is 2. The molecule has 2 rings (SSSR count). The van der Waals surface area contributed by atoms with E-state index in [-0.39, 0.29) is 17.6 Å². The first-order valence-corrected chi connectivity index (χ1v) is 6.94. The monoisotopic (exact) mass is 262 g/mol. The van der Waals surface area contributed by atoms with Gasteiger partial charge in [0.05, 0.1) is 5.92 Å². The zero-order chi connectivity index (χ0) is 13.7. The Morgan fingerprint density at radius 3 is 2.74 bits per heavy atom. The quantitative estimate of drug-likeness (QED) is 0.769. The van der Waals surface area contributed by atoms with Crippen LogP contribution in [0.1, 0.15) is 25.3 Å². The Hall–Kier alpha value is -1.55. The van der Waals surface area contributed by atoms with Crippen LogP contribution in [-0.4, -0.2) is 30.1 Å². The highest BCUT2D eigenvalue weighted by atomic mass is 16.3. The van der Waals surface area contributed by atoms with Crippen LogP contribution in [0, 0.1) is 5.92 Å². The molecule has 0 spiro atoms. The van der Waals surface area contributed by atoms with Crippen molar-refractivity contribution < 1.29 is 9.90 Å². The van der Waals surface area contributed by atoms with Crippen LogP contribution in [0.5, 0.6) is 5.75 Å². The first kappa shape index (κ1) is 13.9. The second kappa shape index (κ2) is 6.57. The van der Waals surface area contributed by atoms with E-state index in [0.29, 0.717) is 12.6 Å². The van der Waals surface area contributed by atoms with Crippen molar-refractivity contribution in [1.29, 1.82) is 0 Å². The first-order valence-electron chi connectivity index (χ1n) is 6.94. The fraction of sp³-hybridized carbons (Fsp3) is 0.533. The molecule has 1 fully saturated rings. The van der Waals surface area contributed by atoms with Crippen LogP contribution in [-0.2, 0) is 11.2 Å². The molecule has 4 nitrogen and oxygen atoms in total. The summed E-state index contributed by atoms with van der Waals surface area (Å²) >= 11 is 0. The van der Waals surface area contributed by atoms with Gasteiger partial charge in [-0.25, -0.2) is 0 Å². The summed E-state index contributed by atoms with van der Waals surface area (Å²) < 4.78 is 0. The minimum absolute atomic E-state index is 0.107. The van der Waals surface area contributed by atoms with Crippen molar-refractivity contribution >= 4 is 5.91 Å². The van der Waals surface area contributed by atoms with Gasteiger partial charge in [0.2, 0.25) is 5.91 Å². The molecule has 104 valence electrons. The Morgan fingerprint density at radius 2 is 2.11 bits per heavy atom. The molecule has 1 heterocycles. The van der Waals surface area contributed by atoms with E-state index in [1.165, 1.54) is 0 Å². The minimum atomic E-state index is 0.107. The highest BCUT2D eigenvalue weighted by Gasteiger charge is 2.23. The van der Waals surface area contributed by atoms with E-state index < -0.39 is 0 Å². The first-order chi connectivity index (χ1) is 9.15. The summed E-state index contributed by atoms with van der Waals surface area (Å²) in [5, 5.41) is 15.5. The summed E-state index contributed by atoms with van der Waals surface area (Å²) in [6, 6.07) is 7.63. The van der Waals surface area contributed by atoms with Crippen molar-refractivity contribution in [2.24, 2.45) is 5.92 Å². The fourth-order valence-electron chi connectivity index (χ4n) is 2.36. The van der Waals surface area contributed by atoms with Crippen molar-refractivity contribution in [1.82, 2.24) is 10.6 Å². The summed E-state index contributed by atoms with van der Waals surface area (Å²) in [7, 11) is 0. The van der Waals surface area contributed by atoms with Crippen LogP contribution >= 0.6 is 0 Å². The standard InChI is InChI=1S/C15H22N2O2/c1-11-2-5-13(10-17-11)15(19)16-9-8-12-3-6-14(18)7-4-12/h3-4,6-7,11,13,17-18H,2,5,8-10H2,1H3,(H,16,19). The van der Waals surface area contributed by atoms with Gasteiger partial charge in [0.1, 0.15) is 5.75 Å². The lowest BCUT2D eigenvalue weighted by Gasteiger charge is -2.26. The molecule has 0 bridgehead atoms. The number of piperidine rings is 1. The minimum Gasteiger partial charge on any atom is -0.508 e. The Labute approximate surface area is 114 Å². The van der Waals surface area contributed by atoms with Gasteiger partial charge in [-0.15, -0.1) is 0 Å². The van der Waals surface area contributed by atoms with Crippen LogP contribution in [0.25, 0.3) is 0 Å². The summed E-state index contributed by atoms with van der Waals surface area (Å²) in [5.41, 5.74) is 1.12. The molecule has 1 aliphatic rings. The highest BCUT2D eigenvalue weighted by molar-refractivity contribution is 5.79. The molecule has 1 aromatic rings. The molecule has 4 heteroatoms. The zero-order valence-electron chi connectivity index (χ0n) is 11.4. The highest BCUT2D eigenvalue weighted by Crippen LogP contribution is 2.14. The van der Waals surface area contributed by atoms with Crippen LogP contribution in [0.4, 0.5) is 0 Å². The number of rotatable bonds is 4. The fourth-order valence-corrected chi connectivity index (χ4v) is 2.36. The van der Waals surface area contributed by atoms with E-state index in [1.807, 2.05) is 12.1 Å². The number of aromatic hydroxyl groups is 1. The van der Waals surface area contributed by atoms with Crippen LogP contribution < -0.4 is 10.6 Å². The molecule has 0 radical (unpaired) electrons. The number of amides is 1. The predicted molar refractivity (Wildman–Crippen MR) is 75.0 cm³/mol. The Morgan fingerprint density at radius 1 is 1.37 bits per heavy atom. The maximum Gasteiger partial charge on any atom is 0.224 e. The summed E-state index contributed by atoms with van der Waals surface area (Å²) in [6.07, 6.45) is 2.83. The Bertz CT molecular complexity index is 409. The lowest BCUT2D eigenvalue weighted by molar-refractivity contribution is -0.125. The molecule has 2 atom stereocenters. The zero-order valence-corrected chi connectivity index (χ0v) is 11.4. The number of benzene rings is 1. The van der Waals surface area contributed by atoms with Gasteiger partial charge in [0.25, 0.3) is 0 Å². The molecular weight excluding hydrogens is 240 g/mol. The van der Waals surface area contributed by atoms with Crippen LogP contribution in [0.3, 0.4) is 0 Å². The maximum absolute atomic E-state index is 12.0. The molecule has 0 aliphatic carbocycles. The van der Waals surface area contributed by atoms with Crippen LogP contribution in [0.2, 0.25) is 0 Å². The van der Waals surface area contributed by atoms with E-state index >= 15 is 0 Å². The Kier molecular flexibility index (Phi) is 4.80. The van der Waals surface area contributed by atoms with Crippen molar-refractivity contribution in [2.75, 3.05) is 13.1 Å². The lowest BCUT2D eigenvalue weighted by atomic mass is 9.95. The molecule has 0 aromatic heterocycles.